The van der Waals surface area contributed by atoms with Gasteiger partial charge >= 0.3 is 0 Å². The fourth-order valence-electron chi connectivity index (χ4n) is 2.96. The van der Waals surface area contributed by atoms with E-state index in [1.807, 2.05) is 4.90 Å². The van der Waals surface area contributed by atoms with Gasteiger partial charge in [0, 0.05) is 23.3 Å². The van der Waals surface area contributed by atoms with Gasteiger partial charge in [-0.05, 0) is 48.7 Å². The molecule has 162 valence electrons. The molecular formula is C22H23ClFN5O2. The van der Waals surface area contributed by atoms with Gasteiger partial charge in [0.05, 0.1) is 13.1 Å². The lowest BCUT2D eigenvalue weighted by molar-refractivity contribution is 0.0649. The van der Waals surface area contributed by atoms with E-state index in [1.165, 1.54) is 18.3 Å². The third-order valence-corrected chi connectivity index (χ3v) is 4.73. The summed E-state index contributed by atoms with van der Waals surface area (Å²) in [5.41, 5.74) is 6.75. The van der Waals surface area contributed by atoms with Crippen LogP contribution in [0.5, 0.6) is 5.75 Å². The number of nitrogens with zero attached hydrogens (tertiary/aromatic N) is 2. The lowest BCUT2D eigenvalue weighted by Gasteiger charge is -2.40. The minimum absolute atomic E-state index is 0.156. The van der Waals surface area contributed by atoms with E-state index >= 15 is 0 Å². The number of carbonyl (C=O) groups excluding carboxylic acids is 1. The molecule has 0 bridgehead atoms. The summed E-state index contributed by atoms with van der Waals surface area (Å²) in [6, 6.07) is 11.3. The average Bonchev–Trinajstić information content (AvgIpc) is 2.71. The Morgan fingerprint density at radius 2 is 2.13 bits per heavy atom. The van der Waals surface area contributed by atoms with Crippen molar-refractivity contribution >= 4 is 29.0 Å². The quantitative estimate of drug-likeness (QED) is 0.451. The fourth-order valence-corrected chi connectivity index (χ4v) is 3.12. The monoisotopic (exact) mass is 443 g/mol. The number of halogens is 2. The zero-order chi connectivity index (χ0) is 22.4. The van der Waals surface area contributed by atoms with Crippen molar-refractivity contribution in [3.8, 4) is 5.75 Å². The Kier molecular flexibility index (Phi) is 7.15. The molecule has 1 saturated heterocycles. The summed E-state index contributed by atoms with van der Waals surface area (Å²) in [6.07, 6.45) is 2.83. The first-order chi connectivity index (χ1) is 14.9. The third-order valence-electron chi connectivity index (χ3n) is 4.49. The molecule has 2 aromatic rings. The number of hydrogen-bond acceptors (Lipinski definition) is 5. The molecule has 9 heteroatoms. The molecule has 3 rings (SSSR count). The minimum atomic E-state index is -0.502. The van der Waals surface area contributed by atoms with Gasteiger partial charge in [-0.25, -0.2) is 9.38 Å². The van der Waals surface area contributed by atoms with E-state index < -0.39 is 5.82 Å². The number of rotatable bonds is 7. The Hall–Kier alpha value is -3.52. The summed E-state index contributed by atoms with van der Waals surface area (Å²) in [7, 11) is 1.57. The number of anilines is 1. The van der Waals surface area contributed by atoms with E-state index in [0.717, 1.165) is 0 Å². The molecule has 7 nitrogen and oxygen atoms in total. The van der Waals surface area contributed by atoms with Gasteiger partial charge in [0.2, 0.25) is 0 Å². The molecule has 4 N–H and O–H groups in total. The normalized spacial score (nSPS) is 14.3. The maximum absolute atomic E-state index is 13.9. The summed E-state index contributed by atoms with van der Waals surface area (Å²) in [6.45, 7) is 4.93. The number of nitrogens with two attached hydrogens (primary N) is 1. The van der Waals surface area contributed by atoms with Crippen LogP contribution in [0.2, 0.25) is 5.02 Å². The third kappa shape index (κ3) is 5.76. The van der Waals surface area contributed by atoms with Gasteiger partial charge in [-0.3, -0.25) is 4.79 Å². The molecule has 1 aliphatic rings. The van der Waals surface area contributed by atoms with Crippen LogP contribution in [-0.2, 0) is 0 Å². The molecule has 0 atom stereocenters. The highest BCUT2D eigenvalue weighted by Gasteiger charge is 2.31. The zero-order valence-corrected chi connectivity index (χ0v) is 17.7. The Morgan fingerprint density at radius 3 is 2.81 bits per heavy atom. The molecule has 0 aliphatic carbocycles. The van der Waals surface area contributed by atoms with Crippen molar-refractivity contribution in [2.75, 3.05) is 25.5 Å². The van der Waals surface area contributed by atoms with Crippen LogP contribution in [0.25, 0.3) is 0 Å². The van der Waals surface area contributed by atoms with E-state index in [0.29, 0.717) is 41.0 Å². The highest BCUT2D eigenvalue weighted by molar-refractivity contribution is 6.30. The number of carbonyl (C=O) groups is 1. The number of aliphatic imine (C=N–C) groups is 1. The Labute approximate surface area is 185 Å². The molecule has 31 heavy (non-hydrogen) atoms. The van der Waals surface area contributed by atoms with Gasteiger partial charge in [-0.1, -0.05) is 24.2 Å². The number of benzene rings is 2. The smallest absolute Gasteiger partial charge is 0.251 e. The molecule has 0 aromatic heterocycles. The Bertz CT molecular complexity index is 1030. The van der Waals surface area contributed by atoms with Crippen molar-refractivity contribution < 1.29 is 13.9 Å². The van der Waals surface area contributed by atoms with Gasteiger partial charge in [0.25, 0.3) is 5.91 Å². The van der Waals surface area contributed by atoms with Crippen LogP contribution in [0.3, 0.4) is 0 Å². The number of amidine groups is 1. The fraction of sp³-hybridized carbons (Fsp3) is 0.182. The lowest BCUT2D eigenvalue weighted by atomic mass is 10.1. The maximum atomic E-state index is 13.9. The van der Waals surface area contributed by atoms with Crippen LogP contribution in [0.1, 0.15) is 10.4 Å². The standard InChI is InChI=1S/C22H23ClFN5O2/c1-14(27-17-5-3-4-15(10-17)22(30)26-2)28-21(8-9-25)29-12-18(13-29)31-20-7-6-16(23)11-19(20)24/h3-11,18,27H,1,12-13,25H2,2H3,(H,26,30)/b9-8-,28-21?. The zero-order valence-electron chi connectivity index (χ0n) is 16.9. The van der Waals surface area contributed by atoms with E-state index in [1.54, 1.807) is 43.5 Å². The topological polar surface area (TPSA) is 92.0 Å². The van der Waals surface area contributed by atoms with Crippen LogP contribution < -0.4 is 21.1 Å². The van der Waals surface area contributed by atoms with E-state index in [4.69, 9.17) is 22.1 Å². The summed E-state index contributed by atoms with van der Waals surface area (Å²) in [5.74, 6) is 0.421. The van der Waals surface area contributed by atoms with E-state index in [-0.39, 0.29) is 17.8 Å². The van der Waals surface area contributed by atoms with Crippen molar-refractivity contribution in [2.45, 2.75) is 6.10 Å². The number of amides is 1. The van der Waals surface area contributed by atoms with Crippen molar-refractivity contribution in [1.29, 1.82) is 0 Å². The minimum Gasteiger partial charge on any atom is -0.484 e. The summed E-state index contributed by atoms with van der Waals surface area (Å²) in [5, 5.41) is 5.95. The highest BCUT2D eigenvalue weighted by atomic mass is 35.5. The number of likely N-dealkylation sites (tertiary alicyclic amines) is 1. The predicted molar refractivity (Wildman–Crippen MR) is 121 cm³/mol. The van der Waals surface area contributed by atoms with Gasteiger partial charge in [-0.15, -0.1) is 0 Å². The first kappa shape index (κ1) is 22.2. The van der Waals surface area contributed by atoms with Gasteiger partial charge < -0.3 is 26.0 Å². The summed E-state index contributed by atoms with van der Waals surface area (Å²) >= 11 is 5.77. The number of ether oxygens (including phenoxy) is 1. The molecule has 1 amide bonds. The van der Waals surface area contributed by atoms with Crippen molar-refractivity contribution in [3.05, 3.63) is 83.5 Å². The molecule has 1 heterocycles. The highest BCUT2D eigenvalue weighted by Crippen LogP contribution is 2.25. The second-order valence-corrected chi connectivity index (χ2v) is 7.22. The van der Waals surface area contributed by atoms with Crippen LogP contribution in [0.15, 0.2) is 72.1 Å². The summed E-state index contributed by atoms with van der Waals surface area (Å²) < 4.78 is 19.6. The largest absolute Gasteiger partial charge is 0.484 e. The van der Waals surface area contributed by atoms with Gasteiger partial charge in [-0.2, -0.15) is 0 Å². The molecular weight excluding hydrogens is 421 g/mol. The van der Waals surface area contributed by atoms with Crippen molar-refractivity contribution in [2.24, 2.45) is 10.7 Å². The number of nitrogens with one attached hydrogen (secondary N) is 2. The first-order valence-electron chi connectivity index (χ1n) is 9.51. The lowest BCUT2D eigenvalue weighted by Crippen LogP contribution is -2.56. The Morgan fingerprint density at radius 1 is 1.35 bits per heavy atom. The van der Waals surface area contributed by atoms with E-state index in [2.05, 4.69) is 22.2 Å². The molecule has 2 aromatic carbocycles. The average molecular weight is 444 g/mol. The van der Waals surface area contributed by atoms with Crippen molar-refractivity contribution in [3.63, 3.8) is 0 Å². The molecule has 1 aliphatic heterocycles. The van der Waals surface area contributed by atoms with Crippen LogP contribution in [0, 0.1) is 5.82 Å². The second kappa shape index (κ2) is 9.99. The van der Waals surface area contributed by atoms with Crippen molar-refractivity contribution in [1.82, 2.24) is 10.2 Å². The van der Waals surface area contributed by atoms with Crippen LogP contribution in [0.4, 0.5) is 10.1 Å². The van der Waals surface area contributed by atoms with Crippen LogP contribution >= 0.6 is 11.6 Å². The predicted octanol–water partition coefficient (Wildman–Crippen LogP) is 3.36. The molecule has 0 unspecified atom stereocenters. The molecule has 1 fully saturated rings. The van der Waals surface area contributed by atoms with Gasteiger partial charge in [0.1, 0.15) is 17.8 Å². The first-order valence-corrected chi connectivity index (χ1v) is 9.89. The molecule has 0 saturated carbocycles. The number of hydrogen-bond donors (Lipinski definition) is 3. The van der Waals surface area contributed by atoms with Crippen LogP contribution in [-0.4, -0.2) is 42.9 Å². The molecule has 0 radical (unpaired) electrons. The summed E-state index contributed by atoms with van der Waals surface area (Å²) in [4.78, 5) is 18.2. The molecule has 0 spiro atoms. The Balaban J connectivity index is 1.62. The maximum Gasteiger partial charge on any atom is 0.251 e. The SMILES string of the molecule is C=C(N=C(/C=C\N)N1CC(Oc2ccc(Cl)cc2F)C1)Nc1cccc(C(=O)NC)c1. The second-order valence-electron chi connectivity index (χ2n) is 6.78. The van der Waals surface area contributed by atoms with Gasteiger partial charge in [0.15, 0.2) is 11.6 Å². The van der Waals surface area contributed by atoms with E-state index in [9.17, 15) is 9.18 Å².